The highest BCUT2D eigenvalue weighted by molar-refractivity contribution is 5.03. The Morgan fingerprint density at radius 3 is 2.71 bits per heavy atom. The second-order valence-electron chi connectivity index (χ2n) is 6.01. The Morgan fingerprint density at radius 1 is 1.53 bits per heavy atom. The van der Waals surface area contributed by atoms with E-state index in [0.29, 0.717) is 18.2 Å². The van der Waals surface area contributed by atoms with Gasteiger partial charge in [0.15, 0.2) is 0 Å². The molecular formula is C12H22N4O. The van der Waals surface area contributed by atoms with Gasteiger partial charge in [-0.15, -0.1) is 5.10 Å². The molecule has 96 valence electrons. The van der Waals surface area contributed by atoms with Crippen LogP contribution in [0.15, 0.2) is 6.20 Å². The largest absolute Gasteiger partial charge is 0.390 e. The third-order valence-electron chi connectivity index (χ3n) is 4.47. The number of rotatable bonds is 3. The summed E-state index contributed by atoms with van der Waals surface area (Å²) in [6.45, 7) is 7.36. The van der Waals surface area contributed by atoms with Crippen molar-refractivity contribution in [1.29, 1.82) is 0 Å². The average molecular weight is 238 g/mol. The van der Waals surface area contributed by atoms with E-state index in [0.717, 1.165) is 12.8 Å². The maximum atomic E-state index is 8.96. The Labute approximate surface area is 102 Å². The number of hydrogen-bond donors (Lipinski definition) is 2. The van der Waals surface area contributed by atoms with Crippen molar-refractivity contribution in [2.24, 2.45) is 17.1 Å². The molecule has 0 radical (unpaired) electrons. The van der Waals surface area contributed by atoms with Gasteiger partial charge in [0.05, 0.1) is 19.3 Å². The van der Waals surface area contributed by atoms with Crippen LogP contribution in [0, 0.1) is 11.3 Å². The molecule has 0 saturated heterocycles. The first kappa shape index (κ1) is 12.5. The lowest BCUT2D eigenvalue weighted by Crippen LogP contribution is -2.48. The number of hydrogen-bond acceptors (Lipinski definition) is 4. The molecule has 17 heavy (non-hydrogen) atoms. The van der Waals surface area contributed by atoms with E-state index in [1.165, 1.54) is 0 Å². The van der Waals surface area contributed by atoms with Crippen LogP contribution in [0.3, 0.4) is 0 Å². The maximum Gasteiger partial charge on any atom is 0.108 e. The van der Waals surface area contributed by atoms with Crippen molar-refractivity contribution in [2.75, 3.05) is 0 Å². The summed E-state index contributed by atoms with van der Waals surface area (Å²) in [6.07, 6.45) is 3.92. The van der Waals surface area contributed by atoms with Crippen molar-refractivity contribution in [3.05, 3.63) is 11.9 Å². The van der Waals surface area contributed by atoms with Crippen LogP contribution in [0.4, 0.5) is 0 Å². The molecule has 2 unspecified atom stereocenters. The molecule has 1 heterocycles. The molecule has 2 atom stereocenters. The van der Waals surface area contributed by atoms with Crippen LogP contribution in [0.1, 0.15) is 39.3 Å². The summed E-state index contributed by atoms with van der Waals surface area (Å²) in [4.78, 5) is 0. The molecule has 0 amide bonds. The van der Waals surface area contributed by atoms with Crippen LogP contribution in [-0.2, 0) is 13.2 Å². The summed E-state index contributed by atoms with van der Waals surface area (Å²) in [5.74, 6) is 0.441. The number of nitrogens with zero attached hydrogens (tertiary/aromatic N) is 3. The van der Waals surface area contributed by atoms with Gasteiger partial charge in [-0.3, -0.25) is 4.68 Å². The number of aliphatic hydroxyl groups excluding tert-OH is 1. The molecule has 1 aromatic rings. The smallest absolute Gasteiger partial charge is 0.108 e. The Kier molecular flexibility index (Phi) is 2.99. The van der Waals surface area contributed by atoms with E-state index >= 15 is 0 Å². The van der Waals surface area contributed by atoms with Gasteiger partial charge < -0.3 is 10.8 Å². The van der Waals surface area contributed by atoms with Crippen molar-refractivity contribution in [3.8, 4) is 0 Å². The summed E-state index contributed by atoms with van der Waals surface area (Å²) in [6, 6.07) is 0. The topological polar surface area (TPSA) is 77.0 Å². The molecule has 2 rings (SSSR count). The lowest BCUT2D eigenvalue weighted by atomic mass is 9.77. The highest BCUT2D eigenvalue weighted by atomic mass is 16.3. The molecule has 0 aromatic carbocycles. The van der Waals surface area contributed by atoms with Gasteiger partial charge in [-0.2, -0.15) is 0 Å². The average Bonchev–Trinajstić information content (AvgIpc) is 2.79. The van der Waals surface area contributed by atoms with E-state index in [9.17, 15) is 0 Å². The zero-order chi connectivity index (χ0) is 12.7. The minimum Gasteiger partial charge on any atom is -0.390 e. The van der Waals surface area contributed by atoms with Crippen LogP contribution in [-0.4, -0.2) is 25.6 Å². The van der Waals surface area contributed by atoms with Crippen molar-refractivity contribution < 1.29 is 5.11 Å². The van der Waals surface area contributed by atoms with Crippen molar-refractivity contribution in [3.63, 3.8) is 0 Å². The zero-order valence-electron chi connectivity index (χ0n) is 10.8. The summed E-state index contributed by atoms with van der Waals surface area (Å²) >= 11 is 0. The van der Waals surface area contributed by atoms with Crippen LogP contribution in [0.5, 0.6) is 0 Å². The van der Waals surface area contributed by atoms with Gasteiger partial charge >= 0.3 is 0 Å². The summed E-state index contributed by atoms with van der Waals surface area (Å²) in [5.41, 5.74) is 7.17. The monoisotopic (exact) mass is 238 g/mol. The maximum absolute atomic E-state index is 8.96. The predicted octanol–water partition coefficient (Wildman–Crippen LogP) is 0.924. The van der Waals surface area contributed by atoms with Crippen LogP contribution in [0.25, 0.3) is 0 Å². The molecule has 0 spiro atoms. The number of nitrogens with two attached hydrogens (primary N) is 1. The molecule has 5 nitrogen and oxygen atoms in total. The fourth-order valence-electron chi connectivity index (χ4n) is 2.77. The highest BCUT2D eigenvalue weighted by Gasteiger charge is 2.47. The van der Waals surface area contributed by atoms with Crippen molar-refractivity contribution in [2.45, 2.75) is 52.3 Å². The lowest BCUT2D eigenvalue weighted by molar-refractivity contribution is 0.190. The van der Waals surface area contributed by atoms with Crippen molar-refractivity contribution >= 4 is 0 Å². The first-order valence-corrected chi connectivity index (χ1v) is 6.16. The predicted molar refractivity (Wildman–Crippen MR) is 65.0 cm³/mol. The van der Waals surface area contributed by atoms with E-state index in [1.54, 1.807) is 10.9 Å². The fraction of sp³-hybridized carbons (Fsp3) is 0.833. The molecule has 0 aliphatic heterocycles. The number of aliphatic hydroxyl groups is 1. The molecule has 5 heteroatoms. The Balaban J connectivity index is 2.13. The minimum atomic E-state index is -0.218. The van der Waals surface area contributed by atoms with E-state index in [2.05, 4.69) is 31.1 Å². The normalized spacial score (nSPS) is 31.9. The first-order chi connectivity index (χ1) is 7.87. The van der Waals surface area contributed by atoms with E-state index in [4.69, 9.17) is 10.8 Å². The summed E-state index contributed by atoms with van der Waals surface area (Å²) < 4.78 is 1.75. The minimum absolute atomic E-state index is 0.0708. The van der Waals surface area contributed by atoms with Crippen LogP contribution >= 0.6 is 0 Å². The number of aromatic nitrogens is 3. The molecule has 3 N–H and O–H groups in total. The molecule has 1 aliphatic carbocycles. The highest BCUT2D eigenvalue weighted by Crippen LogP contribution is 2.47. The Morgan fingerprint density at radius 2 is 2.24 bits per heavy atom. The van der Waals surface area contributed by atoms with Crippen LogP contribution in [0.2, 0.25) is 0 Å². The van der Waals surface area contributed by atoms with Gasteiger partial charge in [-0.05, 0) is 24.2 Å². The van der Waals surface area contributed by atoms with E-state index < -0.39 is 0 Å². The molecule has 1 saturated carbocycles. The Hall–Kier alpha value is -0.940. The molecule has 0 bridgehead atoms. The third-order valence-corrected chi connectivity index (χ3v) is 4.47. The summed E-state index contributed by atoms with van der Waals surface area (Å²) in [7, 11) is 0. The van der Waals surface area contributed by atoms with Gasteiger partial charge in [0.2, 0.25) is 0 Å². The van der Waals surface area contributed by atoms with E-state index in [-0.39, 0.29) is 17.6 Å². The SMILES string of the molecule is CC1C(C)(C)CCC1(N)Cn1cc(CO)nn1. The second kappa shape index (κ2) is 4.07. The van der Waals surface area contributed by atoms with Crippen molar-refractivity contribution in [1.82, 2.24) is 15.0 Å². The first-order valence-electron chi connectivity index (χ1n) is 6.16. The van der Waals surface area contributed by atoms with Gasteiger partial charge in [0.25, 0.3) is 0 Å². The van der Waals surface area contributed by atoms with Crippen LogP contribution < -0.4 is 5.73 Å². The molecule has 1 aromatic heterocycles. The Bertz CT molecular complexity index is 401. The standard InChI is InChI=1S/C12H22N4O/c1-9-11(2,3)4-5-12(9,13)8-16-6-10(7-17)14-15-16/h6,9,17H,4-5,7-8,13H2,1-3H3. The fourth-order valence-corrected chi connectivity index (χ4v) is 2.77. The second-order valence-corrected chi connectivity index (χ2v) is 6.01. The van der Waals surface area contributed by atoms with Gasteiger partial charge in [0.1, 0.15) is 5.69 Å². The lowest BCUT2D eigenvalue weighted by Gasteiger charge is -2.34. The van der Waals surface area contributed by atoms with Gasteiger partial charge in [-0.1, -0.05) is 26.0 Å². The molecule has 1 aliphatic rings. The quantitative estimate of drug-likeness (QED) is 0.821. The van der Waals surface area contributed by atoms with E-state index in [1.807, 2.05) is 0 Å². The molecular weight excluding hydrogens is 216 g/mol. The van der Waals surface area contributed by atoms with Gasteiger partial charge in [-0.25, -0.2) is 0 Å². The molecule has 1 fully saturated rings. The third kappa shape index (κ3) is 2.21. The summed E-state index contributed by atoms with van der Waals surface area (Å²) in [5, 5.41) is 16.8. The zero-order valence-corrected chi connectivity index (χ0v) is 10.8. The van der Waals surface area contributed by atoms with Gasteiger partial charge in [0, 0.05) is 5.54 Å².